The van der Waals surface area contributed by atoms with Crippen molar-refractivity contribution in [2.45, 2.75) is 25.3 Å². The molecule has 28 heavy (non-hydrogen) atoms. The Morgan fingerprint density at radius 1 is 1.11 bits per heavy atom. The third-order valence-corrected chi connectivity index (χ3v) is 5.86. The van der Waals surface area contributed by atoms with E-state index in [1.54, 1.807) is 10.7 Å². The number of rotatable bonds is 1. The number of piperidine rings is 1. The highest BCUT2D eigenvalue weighted by Crippen LogP contribution is 2.36. The monoisotopic (exact) mass is 375 g/mol. The van der Waals surface area contributed by atoms with Gasteiger partial charge in [-0.3, -0.25) is 9.59 Å². The van der Waals surface area contributed by atoms with Crippen LogP contribution in [-0.2, 0) is 4.79 Å². The summed E-state index contributed by atoms with van der Waals surface area (Å²) in [5, 5.41) is 10.7. The number of hydrogen-bond donors (Lipinski definition) is 2. The van der Waals surface area contributed by atoms with Gasteiger partial charge in [0, 0.05) is 19.3 Å². The van der Waals surface area contributed by atoms with Crippen molar-refractivity contribution in [1.82, 2.24) is 14.5 Å². The molecule has 4 heterocycles. The lowest BCUT2D eigenvalue weighted by Gasteiger charge is -2.44. The number of aromatic nitrogens is 2. The molecule has 7 heteroatoms. The third-order valence-electron chi connectivity index (χ3n) is 5.86. The number of nitrogens with zero attached hydrogens (tertiary/aromatic N) is 3. The number of pyridine rings is 1. The van der Waals surface area contributed by atoms with Crippen molar-refractivity contribution >= 4 is 28.7 Å². The van der Waals surface area contributed by atoms with Crippen LogP contribution in [0.15, 0.2) is 48.8 Å². The fourth-order valence-corrected chi connectivity index (χ4v) is 4.24. The van der Waals surface area contributed by atoms with Crippen molar-refractivity contribution in [3.8, 4) is 0 Å². The Labute approximate surface area is 162 Å². The Balaban J connectivity index is 1.37. The van der Waals surface area contributed by atoms with E-state index in [0.717, 1.165) is 22.5 Å². The minimum absolute atomic E-state index is 0.0230. The summed E-state index contributed by atoms with van der Waals surface area (Å²) in [6, 6.07) is 11.6. The van der Waals surface area contributed by atoms with Gasteiger partial charge in [-0.05, 0) is 43.5 Å². The van der Waals surface area contributed by atoms with Crippen LogP contribution >= 0.6 is 0 Å². The second kappa shape index (κ2) is 6.09. The average molecular weight is 375 g/mol. The Morgan fingerprint density at radius 2 is 1.86 bits per heavy atom. The van der Waals surface area contributed by atoms with Crippen molar-refractivity contribution in [1.29, 1.82) is 0 Å². The van der Waals surface area contributed by atoms with Gasteiger partial charge in [-0.2, -0.15) is 5.10 Å². The highest BCUT2D eigenvalue weighted by atomic mass is 16.2. The number of likely N-dealkylation sites (tertiary alicyclic amines) is 1. The van der Waals surface area contributed by atoms with Gasteiger partial charge < -0.3 is 15.5 Å². The summed E-state index contributed by atoms with van der Waals surface area (Å²) in [5.74, 6) is -0.0547. The minimum atomic E-state index is -0.665. The van der Waals surface area contributed by atoms with E-state index in [2.05, 4.69) is 15.7 Å². The molecule has 2 aliphatic heterocycles. The van der Waals surface area contributed by atoms with Crippen LogP contribution in [0.5, 0.6) is 0 Å². The van der Waals surface area contributed by atoms with Gasteiger partial charge in [-0.15, -0.1) is 0 Å². The third kappa shape index (κ3) is 2.46. The van der Waals surface area contributed by atoms with Crippen LogP contribution in [0, 0.1) is 6.92 Å². The second-order valence-electron chi connectivity index (χ2n) is 7.54. The normalized spacial score (nSPS) is 17.9. The van der Waals surface area contributed by atoms with Crippen molar-refractivity contribution in [3.63, 3.8) is 0 Å². The molecule has 0 radical (unpaired) electrons. The molecule has 0 saturated carbocycles. The van der Waals surface area contributed by atoms with Crippen LogP contribution in [0.4, 0.5) is 11.4 Å². The zero-order chi connectivity index (χ0) is 19.3. The van der Waals surface area contributed by atoms with Crippen LogP contribution in [-0.4, -0.2) is 45.0 Å². The highest BCUT2D eigenvalue weighted by Gasteiger charge is 2.45. The summed E-state index contributed by atoms with van der Waals surface area (Å²) in [6.45, 7) is 3.02. The number of hydrogen-bond acceptors (Lipinski definition) is 4. The maximum absolute atomic E-state index is 13.1. The summed E-state index contributed by atoms with van der Waals surface area (Å²) in [6.07, 6.45) is 4.61. The molecule has 0 bridgehead atoms. The molecule has 3 aromatic rings. The van der Waals surface area contributed by atoms with Gasteiger partial charge in [0.25, 0.3) is 5.91 Å². The van der Waals surface area contributed by atoms with Crippen LogP contribution in [0.2, 0.25) is 0 Å². The lowest BCUT2D eigenvalue weighted by atomic mass is 9.84. The van der Waals surface area contributed by atoms with Crippen LogP contribution in [0.25, 0.3) is 5.52 Å². The van der Waals surface area contributed by atoms with Gasteiger partial charge in [-0.25, -0.2) is 4.52 Å². The molecule has 1 saturated heterocycles. The Bertz CT molecular complexity index is 1100. The Hall–Kier alpha value is -3.35. The number of amides is 2. The van der Waals surface area contributed by atoms with E-state index < -0.39 is 5.54 Å². The molecular weight excluding hydrogens is 354 g/mol. The molecule has 1 fully saturated rings. The number of carbonyl (C=O) groups excluding carboxylic acids is 2. The van der Waals surface area contributed by atoms with E-state index in [4.69, 9.17) is 0 Å². The van der Waals surface area contributed by atoms with Gasteiger partial charge in [0.2, 0.25) is 5.91 Å². The highest BCUT2D eigenvalue weighted by molar-refractivity contribution is 6.06. The van der Waals surface area contributed by atoms with E-state index in [-0.39, 0.29) is 11.8 Å². The van der Waals surface area contributed by atoms with Gasteiger partial charge in [-0.1, -0.05) is 18.2 Å². The van der Waals surface area contributed by atoms with Gasteiger partial charge in [0.1, 0.15) is 5.54 Å². The molecule has 142 valence electrons. The molecule has 2 N–H and O–H groups in total. The predicted octanol–water partition coefficient (Wildman–Crippen LogP) is 2.68. The molecule has 0 atom stereocenters. The molecule has 0 aliphatic carbocycles. The molecule has 1 spiro atoms. The van der Waals surface area contributed by atoms with E-state index in [9.17, 15) is 9.59 Å². The number of para-hydroxylation sites is 2. The molecule has 2 amide bonds. The quantitative estimate of drug-likeness (QED) is 0.685. The summed E-state index contributed by atoms with van der Waals surface area (Å²) in [5.41, 5.74) is 3.54. The first-order valence-corrected chi connectivity index (χ1v) is 9.48. The van der Waals surface area contributed by atoms with Crippen molar-refractivity contribution < 1.29 is 9.59 Å². The standard InChI is InChI=1S/C21H21N5O2/c1-14-5-4-10-26-18(14)15(13-22-26)19(27)25-11-8-21(9-12-25)20(28)23-16-6-2-3-7-17(16)24-21/h2-7,10,13,24H,8-9,11-12H2,1H3,(H,23,28). The number of nitrogens with one attached hydrogen (secondary N) is 2. The van der Waals surface area contributed by atoms with E-state index in [0.29, 0.717) is 31.5 Å². The number of anilines is 2. The van der Waals surface area contributed by atoms with Crippen LogP contribution in [0.3, 0.4) is 0 Å². The smallest absolute Gasteiger partial charge is 0.257 e. The fourth-order valence-electron chi connectivity index (χ4n) is 4.24. The Morgan fingerprint density at radius 3 is 2.64 bits per heavy atom. The molecular formula is C21H21N5O2. The molecule has 0 unspecified atom stereocenters. The van der Waals surface area contributed by atoms with Gasteiger partial charge in [0.15, 0.2) is 0 Å². The molecule has 2 aromatic heterocycles. The number of carbonyl (C=O) groups is 2. The van der Waals surface area contributed by atoms with Crippen molar-refractivity contribution in [3.05, 3.63) is 59.9 Å². The number of benzene rings is 1. The maximum Gasteiger partial charge on any atom is 0.257 e. The number of aryl methyl sites for hydroxylation is 1. The average Bonchev–Trinajstić information content (AvgIpc) is 3.14. The summed E-state index contributed by atoms with van der Waals surface area (Å²) in [7, 11) is 0. The zero-order valence-electron chi connectivity index (χ0n) is 15.6. The molecule has 7 nitrogen and oxygen atoms in total. The fraction of sp³-hybridized carbons (Fsp3) is 0.286. The zero-order valence-corrected chi connectivity index (χ0v) is 15.6. The van der Waals surface area contributed by atoms with Gasteiger partial charge >= 0.3 is 0 Å². The second-order valence-corrected chi connectivity index (χ2v) is 7.54. The summed E-state index contributed by atoms with van der Waals surface area (Å²) in [4.78, 5) is 27.7. The molecule has 5 rings (SSSR count). The number of fused-ring (bicyclic) bond motifs is 2. The summed E-state index contributed by atoms with van der Waals surface area (Å²) >= 11 is 0. The lowest BCUT2D eigenvalue weighted by molar-refractivity contribution is -0.122. The SMILES string of the molecule is Cc1cccn2ncc(C(=O)N3CCC4(CC3)Nc3ccccc3NC4=O)c12. The topological polar surface area (TPSA) is 78.7 Å². The van der Waals surface area contributed by atoms with E-state index in [1.807, 2.05) is 54.4 Å². The van der Waals surface area contributed by atoms with E-state index >= 15 is 0 Å². The summed E-state index contributed by atoms with van der Waals surface area (Å²) < 4.78 is 1.74. The van der Waals surface area contributed by atoms with Crippen molar-refractivity contribution in [2.24, 2.45) is 0 Å². The first kappa shape index (κ1) is 16.8. The van der Waals surface area contributed by atoms with Gasteiger partial charge in [0.05, 0.1) is 28.7 Å². The Kier molecular flexibility index (Phi) is 3.65. The minimum Gasteiger partial charge on any atom is -0.369 e. The van der Waals surface area contributed by atoms with E-state index in [1.165, 1.54) is 0 Å². The molecule has 2 aliphatic rings. The predicted molar refractivity (Wildman–Crippen MR) is 106 cm³/mol. The van der Waals surface area contributed by atoms with Crippen molar-refractivity contribution in [2.75, 3.05) is 23.7 Å². The maximum atomic E-state index is 13.1. The first-order valence-electron chi connectivity index (χ1n) is 9.48. The first-order chi connectivity index (χ1) is 13.6. The largest absolute Gasteiger partial charge is 0.369 e. The lowest BCUT2D eigenvalue weighted by Crippen LogP contribution is -2.59. The van der Waals surface area contributed by atoms with Crippen LogP contribution in [0.1, 0.15) is 28.8 Å². The molecule has 1 aromatic carbocycles. The van der Waals surface area contributed by atoms with Crippen LogP contribution < -0.4 is 10.6 Å².